The number of halogens is 4. The third-order valence-corrected chi connectivity index (χ3v) is 6.15. The fourth-order valence-corrected chi connectivity index (χ4v) is 4.36. The predicted octanol–water partition coefficient (Wildman–Crippen LogP) is 8.10. The van der Waals surface area contributed by atoms with Crippen LogP contribution in [0.15, 0.2) is 64.4 Å². The van der Waals surface area contributed by atoms with Gasteiger partial charge < -0.3 is 4.74 Å². The highest BCUT2D eigenvalue weighted by atomic mass is 35.5. The Morgan fingerprint density at radius 2 is 1.41 bits per heavy atom. The number of hydrogen-bond donors (Lipinski definition) is 0. The molecule has 3 aromatic rings. The van der Waals surface area contributed by atoms with E-state index in [1.54, 1.807) is 48.5 Å². The fourth-order valence-electron chi connectivity index (χ4n) is 2.62. The van der Waals surface area contributed by atoms with Crippen LogP contribution in [-0.2, 0) is 0 Å². The zero-order valence-electron chi connectivity index (χ0n) is 13.4. The summed E-state index contributed by atoms with van der Waals surface area (Å²) < 4.78 is 5.53. The van der Waals surface area contributed by atoms with Crippen LogP contribution in [0.1, 0.15) is 0 Å². The normalized spacial score (nSPS) is 12.4. The lowest BCUT2D eigenvalue weighted by Gasteiger charge is -2.30. The van der Waals surface area contributed by atoms with Crippen molar-refractivity contribution in [1.82, 2.24) is 0 Å². The van der Waals surface area contributed by atoms with Crippen LogP contribution in [0.25, 0.3) is 0 Å². The zero-order chi connectivity index (χ0) is 19.1. The van der Waals surface area contributed by atoms with Crippen molar-refractivity contribution in [2.45, 2.75) is 9.79 Å². The van der Waals surface area contributed by atoms with Gasteiger partial charge in [0.1, 0.15) is 5.75 Å². The molecule has 1 heterocycles. The number of benzene rings is 3. The van der Waals surface area contributed by atoms with Crippen molar-refractivity contribution >= 4 is 75.6 Å². The van der Waals surface area contributed by atoms with Crippen molar-refractivity contribution in [2.24, 2.45) is 0 Å². The van der Waals surface area contributed by atoms with Gasteiger partial charge in [-0.25, -0.2) is 9.69 Å². The average Bonchev–Trinajstić information content (AvgIpc) is 2.63. The van der Waals surface area contributed by atoms with Crippen LogP contribution < -0.4 is 9.64 Å². The largest absolute Gasteiger partial charge is 0.424 e. The second kappa shape index (κ2) is 7.46. The van der Waals surface area contributed by atoms with E-state index in [1.165, 1.54) is 16.7 Å². The third kappa shape index (κ3) is 3.73. The standard InChI is InChI=1S/C19H9Cl4NO2S/c20-10-1-4-12(5-2-10)26-19(25)24-15-7-11(21)3-6-17(15)27-18-9-14(23)13(22)8-16(18)24/h1-9H. The summed E-state index contributed by atoms with van der Waals surface area (Å²) in [7, 11) is 0. The summed E-state index contributed by atoms with van der Waals surface area (Å²) in [6.45, 7) is 0. The van der Waals surface area contributed by atoms with Gasteiger partial charge in [0.2, 0.25) is 0 Å². The average molecular weight is 457 g/mol. The number of rotatable bonds is 1. The van der Waals surface area contributed by atoms with Crippen LogP contribution in [0.3, 0.4) is 0 Å². The van der Waals surface area contributed by atoms with E-state index in [2.05, 4.69) is 0 Å². The molecule has 4 rings (SSSR count). The molecule has 3 aromatic carbocycles. The van der Waals surface area contributed by atoms with Crippen LogP contribution in [0, 0.1) is 0 Å². The Morgan fingerprint density at radius 3 is 2.15 bits per heavy atom. The van der Waals surface area contributed by atoms with Gasteiger partial charge in [0.25, 0.3) is 0 Å². The first-order chi connectivity index (χ1) is 12.9. The minimum atomic E-state index is -0.597. The molecule has 1 aliphatic heterocycles. The molecule has 0 unspecified atom stereocenters. The number of nitrogens with zero attached hydrogens (tertiary/aromatic N) is 1. The van der Waals surface area contributed by atoms with Gasteiger partial charge in [0.05, 0.1) is 21.4 Å². The zero-order valence-corrected chi connectivity index (χ0v) is 17.2. The third-order valence-electron chi connectivity index (χ3n) is 3.83. The summed E-state index contributed by atoms with van der Waals surface area (Å²) in [5, 5.41) is 1.80. The van der Waals surface area contributed by atoms with Gasteiger partial charge in [-0.15, -0.1) is 0 Å². The van der Waals surface area contributed by atoms with E-state index in [9.17, 15) is 4.79 Å². The molecule has 1 amide bonds. The van der Waals surface area contributed by atoms with Crippen LogP contribution in [0.5, 0.6) is 5.75 Å². The van der Waals surface area contributed by atoms with Gasteiger partial charge in [-0.2, -0.15) is 0 Å². The summed E-state index contributed by atoms with van der Waals surface area (Å²) in [4.78, 5) is 16.1. The van der Waals surface area contributed by atoms with Gasteiger partial charge in [-0.3, -0.25) is 0 Å². The molecule has 0 atom stereocenters. The van der Waals surface area contributed by atoms with Gasteiger partial charge in [-0.1, -0.05) is 58.2 Å². The summed E-state index contributed by atoms with van der Waals surface area (Å²) in [6.07, 6.45) is -0.597. The van der Waals surface area contributed by atoms with Gasteiger partial charge in [0.15, 0.2) is 0 Å². The molecule has 0 aromatic heterocycles. The first kappa shape index (κ1) is 18.8. The number of carbonyl (C=O) groups is 1. The van der Waals surface area contributed by atoms with E-state index in [1.807, 2.05) is 6.07 Å². The molecule has 136 valence electrons. The van der Waals surface area contributed by atoms with E-state index < -0.39 is 6.09 Å². The van der Waals surface area contributed by atoms with E-state index in [-0.39, 0.29) is 0 Å². The lowest BCUT2D eigenvalue weighted by Crippen LogP contribution is -2.31. The van der Waals surface area contributed by atoms with Crippen LogP contribution >= 0.6 is 58.2 Å². The minimum Gasteiger partial charge on any atom is -0.410 e. The second-order valence-electron chi connectivity index (χ2n) is 5.61. The molecule has 0 aliphatic carbocycles. The maximum Gasteiger partial charge on any atom is 0.424 e. The summed E-state index contributed by atoms with van der Waals surface area (Å²) >= 11 is 25.9. The van der Waals surface area contributed by atoms with Crippen LogP contribution in [-0.4, -0.2) is 6.09 Å². The quantitative estimate of drug-likeness (QED) is 0.370. The Balaban J connectivity index is 1.80. The van der Waals surface area contributed by atoms with Crippen molar-refractivity contribution in [3.05, 3.63) is 74.7 Å². The lowest BCUT2D eigenvalue weighted by molar-refractivity contribution is 0.210. The first-order valence-corrected chi connectivity index (χ1v) is 9.99. The number of fused-ring (bicyclic) bond motifs is 2. The van der Waals surface area contributed by atoms with Crippen molar-refractivity contribution in [3.8, 4) is 5.75 Å². The Labute approximate surface area is 179 Å². The Bertz CT molecular complexity index is 1060. The predicted molar refractivity (Wildman–Crippen MR) is 112 cm³/mol. The molecule has 0 N–H and O–H groups in total. The molecule has 8 heteroatoms. The molecule has 0 saturated heterocycles. The van der Waals surface area contributed by atoms with E-state index >= 15 is 0 Å². The Kier molecular flexibility index (Phi) is 5.19. The molecule has 3 nitrogen and oxygen atoms in total. The van der Waals surface area contributed by atoms with Crippen molar-refractivity contribution in [3.63, 3.8) is 0 Å². The number of ether oxygens (including phenoxy) is 1. The molecule has 27 heavy (non-hydrogen) atoms. The monoisotopic (exact) mass is 455 g/mol. The van der Waals surface area contributed by atoms with Gasteiger partial charge >= 0.3 is 6.09 Å². The Morgan fingerprint density at radius 1 is 0.778 bits per heavy atom. The first-order valence-electron chi connectivity index (χ1n) is 7.66. The maximum atomic E-state index is 13.0. The van der Waals surface area contributed by atoms with Crippen molar-refractivity contribution in [2.75, 3.05) is 4.90 Å². The summed E-state index contributed by atoms with van der Waals surface area (Å²) in [5.74, 6) is 0.368. The Hall–Kier alpha value is -1.56. The molecule has 0 bridgehead atoms. The molecular formula is C19H9Cl4NO2S. The minimum absolute atomic E-state index is 0.339. The molecule has 0 radical (unpaired) electrons. The summed E-state index contributed by atoms with van der Waals surface area (Å²) in [5.41, 5.74) is 1.18. The molecular weight excluding hydrogens is 448 g/mol. The van der Waals surface area contributed by atoms with Gasteiger partial charge in [-0.05, 0) is 54.6 Å². The van der Waals surface area contributed by atoms with E-state index in [4.69, 9.17) is 51.1 Å². The van der Waals surface area contributed by atoms with E-state index in [0.717, 1.165) is 9.79 Å². The van der Waals surface area contributed by atoms with E-state index in [0.29, 0.717) is 37.2 Å². The SMILES string of the molecule is O=C(Oc1ccc(Cl)cc1)N1c2cc(Cl)ccc2Sc2cc(Cl)c(Cl)cc21. The van der Waals surface area contributed by atoms with Gasteiger partial charge in [0, 0.05) is 19.8 Å². The lowest BCUT2D eigenvalue weighted by atomic mass is 10.2. The maximum absolute atomic E-state index is 13.0. The van der Waals surface area contributed by atoms with Crippen molar-refractivity contribution < 1.29 is 9.53 Å². The number of anilines is 2. The molecule has 1 aliphatic rings. The fraction of sp³-hybridized carbons (Fsp3) is 0. The smallest absolute Gasteiger partial charge is 0.410 e. The van der Waals surface area contributed by atoms with Crippen LogP contribution in [0.2, 0.25) is 20.1 Å². The molecule has 0 spiro atoms. The summed E-state index contributed by atoms with van der Waals surface area (Å²) in [6, 6.07) is 15.2. The number of carbonyl (C=O) groups excluding carboxylic acids is 1. The molecule has 0 saturated carbocycles. The van der Waals surface area contributed by atoms with Crippen molar-refractivity contribution in [1.29, 1.82) is 0 Å². The second-order valence-corrected chi connectivity index (χ2v) is 8.38. The highest BCUT2D eigenvalue weighted by Gasteiger charge is 2.31. The topological polar surface area (TPSA) is 29.5 Å². The highest BCUT2D eigenvalue weighted by molar-refractivity contribution is 7.99. The van der Waals surface area contributed by atoms with Crippen LogP contribution in [0.4, 0.5) is 16.2 Å². The molecule has 0 fully saturated rings. The highest BCUT2D eigenvalue weighted by Crippen LogP contribution is 2.51. The number of amides is 1. The number of hydrogen-bond acceptors (Lipinski definition) is 3.